The maximum atomic E-state index is 12.4. The molecule has 3 aromatic rings. The normalized spacial score (nSPS) is 20.2. The molecular formula is C31H32N2O6. The van der Waals surface area contributed by atoms with Gasteiger partial charge < -0.3 is 18.9 Å². The molecule has 0 fully saturated rings. The summed E-state index contributed by atoms with van der Waals surface area (Å²) >= 11 is 0. The molecule has 0 amide bonds. The Morgan fingerprint density at radius 1 is 1.00 bits per heavy atom. The van der Waals surface area contributed by atoms with Gasteiger partial charge in [-0.25, -0.2) is 4.79 Å². The third kappa shape index (κ3) is 5.12. The van der Waals surface area contributed by atoms with Crippen molar-refractivity contribution < 1.29 is 18.9 Å². The molecule has 0 spiro atoms. The lowest BCUT2D eigenvalue weighted by atomic mass is 9.77. The van der Waals surface area contributed by atoms with E-state index in [9.17, 15) is 9.59 Å². The van der Waals surface area contributed by atoms with E-state index in [1.165, 1.54) is 10.8 Å². The van der Waals surface area contributed by atoms with E-state index in [4.69, 9.17) is 18.9 Å². The standard InChI is InChI=1S/C31H32N2O6/c1-22-20-33(29(35)32-28(22)34)27-15-14-26(39-27)21-38-31(23-10-6-4-7-11-23,24-12-8-5-9-13-24)25-16-18-30(36-2,37-3)19-17-25/h4-18,20,26-27H,19,21H2,1-3H3,(H,32,34,35)/t26-,27+/m0/s1. The number of aromatic nitrogens is 2. The van der Waals surface area contributed by atoms with Gasteiger partial charge in [-0.15, -0.1) is 0 Å². The molecule has 8 heteroatoms. The molecule has 1 aliphatic carbocycles. The lowest BCUT2D eigenvalue weighted by Crippen LogP contribution is -2.39. The fraction of sp³-hybridized carbons (Fsp3) is 0.290. The van der Waals surface area contributed by atoms with E-state index in [0.29, 0.717) is 12.0 Å². The van der Waals surface area contributed by atoms with Crippen LogP contribution in [0.3, 0.4) is 0 Å². The van der Waals surface area contributed by atoms with E-state index < -0.39 is 35.0 Å². The van der Waals surface area contributed by atoms with Crippen molar-refractivity contribution >= 4 is 0 Å². The lowest BCUT2D eigenvalue weighted by molar-refractivity contribution is -0.168. The SMILES string of the molecule is COC1(OC)C=CC(C(OC[C@@H]2C=C[C@H](n3cc(C)c(=O)[nH]c3=O)O2)(c2ccccc2)c2ccccc2)=CC1. The predicted molar refractivity (Wildman–Crippen MR) is 147 cm³/mol. The van der Waals surface area contributed by atoms with Gasteiger partial charge >= 0.3 is 5.69 Å². The highest BCUT2D eigenvalue weighted by Gasteiger charge is 2.42. The molecule has 0 radical (unpaired) electrons. The van der Waals surface area contributed by atoms with Crippen LogP contribution < -0.4 is 11.2 Å². The van der Waals surface area contributed by atoms with Crippen molar-refractivity contribution in [2.24, 2.45) is 0 Å². The second-order valence-electron chi connectivity index (χ2n) is 9.57. The molecule has 202 valence electrons. The topological polar surface area (TPSA) is 91.8 Å². The Morgan fingerprint density at radius 3 is 2.21 bits per heavy atom. The molecule has 5 rings (SSSR count). The van der Waals surface area contributed by atoms with E-state index >= 15 is 0 Å². The number of nitrogens with one attached hydrogen (secondary N) is 1. The van der Waals surface area contributed by atoms with E-state index in [1.54, 1.807) is 27.2 Å². The van der Waals surface area contributed by atoms with Gasteiger partial charge in [0.05, 0.1) is 6.61 Å². The second kappa shape index (κ2) is 11.1. The molecule has 2 aromatic carbocycles. The maximum absolute atomic E-state index is 12.4. The van der Waals surface area contributed by atoms with Gasteiger partial charge in [0.25, 0.3) is 5.56 Å². The zero-order chi connectivity index (χ0) is 27.5. The van der Waals surface area contributed by atoms with Gasteiger partial charge in [-0.1, -0.05) is 78.9 Å². The van der Waals surface area contributed by atoms with Crippen LogP contribution in [0, 0.1) is 6.92 Å². The Labute approximate surface area is 226 Å². The minimum Gasteiger partial charge on any atom is -0.358 e. The Balaban J connectivity index is 1.49. The molecule has 1 N–H and O–H groups in total. The van der Waals surface area contributed by atoms with E-state index in [-0.39, 0.29) is 6.61 Å². The number of ether oxygens (including phenoxy) is 4. The van der Waals surface area contributed by atoms with Crippen molar-refractivity contribution in [2.75, 3.05) is 20.8 Å². The Morgan fingerprint density at radius 2 is 1.64 bits per heavy atom. The number of H-pyrrole nitrogens is 1. The van der Waals surface area contributed by atoms with Gasteiger partial charge in [-0.05, 0) is 35.8 Å². The first-order valence-electron chi connectivity index (χ1n) is 12.8. The summed E-state index contributed by atoms with van der Waals surface area (Å²) in [5.41, 5.74) is 1.40. The van der Waals surface area contributed by atoms with Gasteiger partial charge in [-0.3, -0.25) is 14.3 Å². The summed E-state index contributed by atoms with van der Waals surface area (Å²) in [5.74, 6) is -0.838. The van der Waals surface area contributed by atoms with Crippen molar-refractivity contribution in [3.63, 3.8) is 0 Å². The lowest BCUT2D eigenvalue weighted by Gasteiger charge is -2.40. The van der Waals surface area contributed by atoms with Crippen molar-refractivity contribution in [3.8, 4) is 0 Å². The third-order valence-electron chi connectivity index (χ3n) is 7.27. The number of methoxy groups -OCH3 is 2. The number of aromatic amines is 1. The van der Waals surface area contributed by atoms with Gasteiger partial charge in [-0.2, -0.15) is 0 Å². The molecule has 0 bridgehead atoms. The van der Waals surface area contributed by atoms with Crippen LogP contribution in [0.4, 0.5) is 0 Å². The van der Waals surface area contributed by atoms with Crippen LogP contribution in [0.25, 0.3) is 0 Å². The van der Waals surface area contributed by atoms with Gasteiger partial charge in [0.2, 0.25) is 0 Å². The monoisotopic (exact) mass is 528 g/mol. The first-order chi connectivity index (χ1) is 18.9. The van der Waals surface area contributed by atoms with Crippen LogP contribution in [-0.4, -0.2) is 42.3 Å². The second-order valence-corrected chi connectivity index (χ2v) is 9.57. The summed E-state index contributed by atoms with van der Waals surface area (Å²) in [6.45, 7) is 1.86. The minimum atomic E-state index is -0.951. The van der Waals surface area contributed by atoms with Crippen molar-refractivity contribution in [2.45, 2.75) is 37.1 Å². The molecule has 39 heavy (non-hydrogen) atoms. The molecule has 1 aromatic heterocycles. The van der Waals surface area contributed by atoms with E-state index in [1.807, 2.05) is 78.9 Å². The number of aryl methyl sites for hydroxylation is 1. The average molecular weight is 529 g/mol. The summed E-state index contributed by atoms with van der Waals surface area (Å²) < 4.78 is 25.7. The van der Waals surface area contributed by atoms with Crippen molar-refractivity contribution in [1.29, 1.82) is 0 Å². The van der Waals surface area contributed by atoms with Crippen LogP contribution in [0.2, 0.25) is 0 Å². The number of hydrogen-bond donors (Lipinski definition) is 1. The van der Waals surface area contributed by atoms with E-state index in [0.717, 1.165) is 16.7 Å². The molecule has 2 heterocycles. The molecule has 2 atom stereocenters. The highest BCUT2D eigenvalue weighted by atomic mass is 16.7. The van der Waals surface area contributed by atoms with Gasteiger partial charge in [0.15, 0.2) is 12.0 Å². The highest BCUT2D eigenvalue weighted by Crippen LogP contribution is 2.44. The van der Waals surface area contributed by atoms with Gasteiger partial charge in [0, 0.05) is 32.4 Å². The number of hydrogen-bond acceptors (Lipinski definition) is 6. The Kier molecular flexibility index (Phi) is 7.63. The molecular weight excluding hydrogens is 496 g/mol. The van der Waals surface area contributed by atoms with Crippen LogP contribution >= 0.6 is 0 Å². The zero-order valence-electron chi connectivity index (χ0n) is 22.2. The molecule has 0 saturated heterocycles. The summed E-state index contributed by atoms with van der Waals surface area (Å²) in [4.78, 5) is 26.5. The van der Waals surface area contributed by atoms with E-state index in [2.05, 4.69) is 11.1 Å². The third-order valence-corrected chi connectivity index (χ3v) is 7.27. The highest BCUT2D eigenvalue weighted by molar-refractivity contribution is 5.51. The molecule has 8 nitrogen and oxygen atoms in total. The molecule has 1 aliphatic heterocycles. The average Bonchev–Trinajstić information content (AvgIpc) is 3.45. The fourth-order valence-electron chi connectivity index (χ4n) is 5.07. The summed E-state index contributed by atoms with van der Waals surface area (Å²) in [7, 11) is 3.25. The van der Waals surface area contributed by atoms with Crippen LogP contribution in [0.15, 0.2) is 112 Å². The fourth-order valence-corrected chi connectivity index (χ4v) is 5.07. The van der Waals surface area contributed by atoms with Crippen LogP contribution in [0.5, 0.6) is 0 Å². The quantitative estimate of drug-likeness (QED) is 0.332. The Bertz CT molecular complexity index is 1460. The Hall–Kier alpha value is -3.82. The van der Waals surface area contributed by atoms with Crippen LogP contribution in [0.1, 0.15) is 29.3 Å². The maximum Gasteiger partial charge on any atom is 0.330 e. The largest absolute Gasteiger partial charge is 0.358 e. The number of nitrogens with zero attached hydrogens (tertiary/aromatic N) is 1. The number of benzene rings is 2. The molecule has 2 aliphatic rings. The predicted octanol–water partition coefficient (Wildman–Crippen LogP) is 4.13. The summed E-state index contributed by atoms with van der Waals surface area (Å²) in [5, 5.41) is 0. The van der Waals surface area contributed by atoms with Crippen molar-refractivity contribution in [1.82, 2.24) is 9.55 Å². The van der Waals surface area contributed by atoms with Gasteiger partial charge in [0.1, 0.15) is 11.7 Å². The smallest absolute Gasteiger partial charge is 0.330 e. The summed E-state index contributed by atoms with van der Waals surface area (Å²) in [6, 6.07) is 20.1. The number of rotatable bonds is 9. The minimum absolute atomic E-state index is 0.207. The summed E-state index contributed by atoms with van der Waals surface area (Å²) in [6.07, 6.45) is 10.6. The first-order valence-corrected chi connectivity index (χ1v) is 12.8. The zero-order valence-corrected chi connectivity index (χ0v) is 22.2. The first kappa shape index (κ1) is 26.8. The molecule has 0 unspecified atom stereocenters. The molecule has 0 saturated carbocycles. The van der Waals surface area contributed by atoms with Crippen LogP contribution in [-0.2, 0) is 24.5 Å². The van der Waals surface area contributed by atoms with Crippen molar-refractivity contribution in [3.05, 3.63) is 140 Å².